The fourth-order valence-corrected chi connectivity index (χ4v) is 2.84. The summed E-state index contributed by atoms with van der Waals surface area (Å²) in [5.41, 5.74) is 1.14. The van der Waals surface area contributed by atoms with Crippen LogP contribution in [0.25, 0.3) is 0 Å². The second kappa shape index (κ2) is 7.09. The maximum absolute atomic E-state index is 12.2. The van der Waals surface area contributed by atoms with E-state index in [1.165, 1.54) is 0 Å². The molecule has 2 amide bonds. The van der Waals surface area contributed by atoms with Gasteiger partial charge < -0.3 is 15.3 Å². The van der Waals surface area contributed by atoms with E-state index in [0.29, 0.717) is 0 Å². The summed E-state index contributed by atoms with van der Waals surface area (Å²) in [6.07, 6.45) is 2.53. The minimum absolute atomic E-state index is 0.00499. The highest BCUT2D eigenvalue weighted by atomic mass is 79.9. The Hall–Kier alpha value is -1.07. The average Bonchev–Trinajstić information content (AvgIpc) is 2.45. The molecule has 2 rings (SSSR count). The number of benzene rings is 1. The van der Waals surface area contributed by atoms with Crippen molar-refractivity contribution in [2.75, 3.05) is 13.2 Å². The highest BCUT2D eigenvalue weighted by Gasteiger charge is 2.28. The van der Waals surface area contributed by atoms with Crippen LogP contribution in [0.5, 0.6) is 0 Å². The minimum Gasteiger partial charge on any atom is -0.396 e. The molecule has 1 heterocycles. The molecule has 2 atom stereocenters. The van der Waals surface area contributed by atoms with Crippen LogP contribution in [0.4, 0.5) is 4.79 Å². The van der Waals surface area contributed by atoms with Crippen molar-refractivity contribution in [2.24, 2.45) is 0 Å². The van der Waals surface area contributed by atoms with Crippen LogP contribution in [0.1, 0.15) is 37.8 Å². The maximum Gasteiger partial charge on any atom is 0.318 e. The highest BCUT2D eigenvalue weighted by Crippen LogP contribution is 2.25. The van der Waals surface area contributed by atoms with Crippen LogP contribution >= 0.6 is 15.9 Å². The molecule has 0 bridgehead atoms. The number of urea groups is 1. The van der Waals surface area contributed by atoms with Gasteiger partial charge in [0, 0.05) is 23.7 Å². The van der Waals surface area contributed by atoms with Crippen LogP contribution in [-0.4, -0.2) is 35.2 Å². The van der Waals surface area contributed by atoms with Crippen molar-refractivity contribution in [3.8, 4) is 0 Å². The Morgan fingerprint density at radius 1 is 1.45 bits per heavy atom. The van der Waals surface area contributed by atoms with Crippen molar-refractivity contribution >= 4 is 22.0 Å². The van der Waals surface area contributed by atoms with Gasteiger partial charge in [0.05, 0.1) is 6.04 Å². The van der Waals surface area contributed by atoms with Crippen LogP contribution in [-0.2, 0) is 0 Å². The molecule has 1 aliphatic heterocycles. The van der Waals surface area contributed by atoms with Gasteiger partial charge in [-0.05, 0) is 43.9 Å². The van der Waals surface area contributed by atoms with Crippen molar-refractivity contribution in [3.63, 3.8) is 0 Å². The molecule has 1 saturated heterocycles. The average molecular weight is 341 g/mol. The number of amides is 2. The summed E-state index contributed by atoms with van der Waals surface area (Å²) >= 11 is 3.42. The standard InChI is InChI=1S/C15H21BrN2O2/c1-11(12-4-6-13(16)7-5-12)18-9-8-14(3-2-10-19)17-15(18)20/h4-7,11,14,19H,2-3,8-10H2,1H3,(H,17,20). The summed E-state index contributed by atoms with van der Waals surface area (Å²) in [6.45, 7) is 3.00. The van der Waals surface area contributed by atoms with E-state index in [-0.39, 0.29) is 24.7 Å². The zero-order chi connectivity index (χ0) is 14.5. The van der Waals surface area contributed by atoms with Crippen molar-refractivity contribution in [3.05, 3.63) is 34.3 Å². The van der Waals surface area contributed by atoms with E-state index in [0.717, 1.165) is 35.8 Å². The number of carbonyl (C=O) groups excluding carboxylic acids is 1. The van der Waals surface area contributed by atoms with Crippen LogP contribution in [0, 0.1) is 0 Å². The van der Waals surface area contributed by atoms with Crippen LogP contribution < -0.4 is 5.32 Å². The first-order valence-corrected chi connectivity index (χ1v) is 7.84. The molecular formula is C15H21BrN2O2. The topological polar surface area (TPSA) is 52.6 Å². The maximum atomic E-state index is 12.2. The molecule has 1 aromatic rings. The molecule has 4 nitrogen and oxygen atoms in total. The Balaban J connectivity index is 1.96. The number of halogens is 1. The lowest BCUT2D eigenvalue weighted by atomic mass is 10.0. The normalized spacial score (nSPS) is 20.6. The van der Waals surface area contributed by atoms with Gasteiger partial charge in [-0.3, -0.25) is 0 Å². The van der Waals surface area contributed by atoms with Gasteiger partial charge >= 0.3 is 6.03 Å². The second-order valence-electron chi connectivity index (χ2n) is 5.22. The number of rotatable bonds is 5. The Kier molecular flexibility index (Phi) is 5.43. The SMILES string of the molecule is CC(c1ccc(Br)cc1)N1CCC(CCCO)NC1=O. The first-order valence-electron chi connectivity index (χ1n) is 7.05. The molecule has 1 fully saturated rings. The summed E-state index contributed by atoms with van der Waals surface area (Å²) in [7, 11) is 0. The van der Waals surface area contributed by atoms with E-state index in [9.17, 15) is 4.79 Å². The van der Waals surface area contributed by atoms with Crippen LogP contribution in [0.3, 0.4) is 0 Å². The third-order valence-electron chi connectivity index (χ3n) is 3.84. The summed E-state index contributed by atoms with van der Waals surface area (Å²) in [5, 5.41) is 11.9. The van der Waals surface area contributed by atoms with E-state index < -0.39 is 0 Å². The van der Waals surface area contributed by atoms with Crippen LogP contribution in [0.15, 0.2) is 28.7 Å². The Bertz CT molecular complexity index is 450. The second-order valence-corrected chi connectivity index (χ2v) is 6.14. The number of carbonyl (C=O) groups is 1. The number of aliphatic hydroxyl groups is 1. The molecule has 0 aliphatic carbocycles. The number of nitrogens with one attached hydrogen (secondary N) is 1. The van der Waals surface area contributed by atoms with Crippen molar-refractivity contribution < 1.29 is 9.90 Å². The van der Waals surface area contributed by atoms with Gasteiger partial charge in [-0.2, -0.15) is 0 Å². The molecule has 2 N–H and O–H groups in total. The lowest BCUT2D eigenvalue weighted by molar-refractivity contribution is 0.150. The first-order chi connectivity index (χ1) is 9.61. The quantitative estimate of drug-likeness (QED) is 0.865. The third kappa shape index (κ3) is 3.73. The molecule has 110 valence electrons. The van der Waals surface area contributed by atoms with E-state index in [1.807, 2.05) is 29.2 Å². The molecule has 20 heavy (non-hydrogen) atoms. The summed E-state index contributed by atoms with van der Waals surface area (Å²) < 4.78 is 1.04. The Morgan fingerprint density at radius 3 is 2.75 bits per heavy atom. The molecular weight excluding hydrogens is 320 g/mol. The molecule has 2 unspecified atom stereocenters. The molecule has 0 spiro atoms. The first kappa shape index (κ1) is 15.3. The predicted octanol–water partition coefficient (Wildman–Crippen LogP) is 3.07. The van der Waals surface area contributed by atoms with Gasteiger partial charge in [0.1, 0.15) is 0 Å². The van der Waals surface area contributed by atoms with E-state index in [1.54, 1.807) is 0 Å². The smallest absolute Gasteiger partial charge is 0.318 e. The van der Waals surface area contributed by atoms with Crippen molar-refractivity contribution in [1.29, 1.82) is 0 Å². The zero-order valence-corrected chi connectivity index (χ0v) is 13.3. The molecule has 0 saturated carbocycles. The predicted molar refractivity (Wildman–Crippen MR) is 82.5 cm³/mol. The van der Waals surface area contributed by atoms with E-state index >= 15 is 0 Å². The molecule has 1 aliphatic rings. The highest BCUT2D eigenvalue weighted by molar-refractivity contribution is 9.10. The zero-order valence-electron chi connectivity index (χ0n) is 11.7. The fourth-order valence-electron chi connectivity index (χ4n) is 2.57. The van der Waals surface area contributed by atoms with Gasteiger partial charge in [0.2, 0.25) is 0 Å². The Morgan fingerprint density at radius 2 is 2.15 bits per heavy atom. The number of hydrogen-bond acceptors (Lipinski definition) is 2. The lowest BCUT2D eigenvalue weighted by Gasteiger charge is -2.37. The van der Waals surface area contributed by atoms with Gasteiger partial charge in [-0.15, -0.1) is 0 Å². The van der Waals surface area contributed by atoms with Gasteiger partial charge in [-0.25, -0.2) is 4.79 Å². The van der Waals surface area contributed by atoms with E-state index in [4.69, 9.17) is 5.11 Å². The minimum atomic E-state index is -0.00499. The van der Waals surface area contributed by atoms with Gasteiger partial charge in [-0.1, -0.05) is 28.1 Å². The summed E-state index contributed by atoms with van der Waals surface area (Å²) in [6, 6.07) is 8.34. The number of aliphatic hydroxyl groups excluding tert-OH is 1. The largest absolute Gasteiger partial charge is 0.396 e. The van der Waals surface area contributed by atoms with Gasteiger partial charge in [0.15, 0.2) is 0 Å². The van der Waals surface area contributed by atoms with E-state index in [2.05, 4.69) is 28.2 Å². The monoisotopic (exact) mass is 340 g/mol. The molecule has 1 aromatic carbocycles. The summed E-state index contributed by atoms with van der Waals surface area (Å²) in [4.78, 5) is 14.1. The number of nitrogens with zero attached hydrogens (tertiary/aromatic N) is 1. The van der Waals surface area contributed by atoms with Gasteiger partial charge in [0.25, 0.3) is 0 Å². The molecule has 0 aromatic heterocycles. The lowest BCUT2D eigenvalue weighted by Crippen LogP contribution is -2.52. The third-order valence-corrected chi connectivity index (χ3v) is 4.37. The fraction of sp³-hybridized carbons (Fsp3) is 0.533. The van der Waals surface area contributed by atoms with Crippen molar-refractivity contribution in [2.45, 2.75) is 38.3 Å². The van der Waals surface area contributed by atoms with Crippen LogP contribution in [0.2, 0.25) is 0 Å². The molecule has 0 radical (unpaired) electrons. The number of hydrogen-bond donors (Lipinski definition) is 2. The summed E-state index contributed by atoms with van der Waals surface area (Å²) in [5.74, 6) is 0. The Labute approximate surface area is 128 Å². The molecule has 5 heteroatoms. The van der Waals surface area contributed by atoms with Crippen molar-refractivity contribution in [1.82, 2.24) is 10.2 Å².